The number of nitro groups is 1. The third-order valence-electron chi connectivity index (χ3n) is 4.48. The van der Waals surface area contributed by atoms with E-state index in [4.69, 9.17) is 0 Å². The molecule has 7 nitrogen and oxygen atoms in total. The molecule has 2 aromatic rings. The number of nitrogens with one attached hydrogen (secondary N) is 1. The Hall–Kier alpha value is -2.74. The summed E-state index contributed by atoms with van der Waals surface area (Å²) < 4.78 is 25.3. The molecule has 1 saturated carbocycles. The van der Waals surface area contributed by atoms with E-state index in [1.807, 2.05) is 0 Å². The highest BCUT2D eigenvalue weighted by Crippen LogP contribution is 2.30. The van der Waals surface area contributed by atoms with Crippen molar-refractivity contribution < 1.29 is 18.1 Å². The molecule has 2 aromatic carbocycles. The van der Waals surface area contributed by atoms with Gasteiger partial charge < -0.3 is 5.32 Å². The van der Waals surface area contributed by atoms with Gasteiger partial charge in [-0.2, -0.15) is 0 Å². The highest BCUT2D eigenvalue weighted by molar-refractivity contribution is 7.92. The number of sulfone groups is 1. The number of nitrogens with zero attached hydrogens (tertiary/aromatic N) is 1. The zero-order valence-corrected chi connectivity index (χ0v) is 14.7. The van der Waals surface area contributed by atoms with Crippen molar-refractivity contribution in [3.8, 4) is 0 Å². The second-order valence-electron chi connectivity index (χ2n) is 6.24. The van der Waals surface area contributed by atoms with Crippen LogP contribution in [0.25, 0.3) is 0 Å². The summed E-state index contributed by atoms with van der Waals surface area (Å²) in [6, 6.07) is 11.5. The van der Waals surface area contributed by atoms with E-state index in [-0.39, 0.29) is 21.4 Å². The zero-order chi connectivity index (χ0) is 18.7. The predicted octanol–water partition coefficient (Wildman–Crippen LogP) is 3.56. The Morgan fingerprint density at radius 3 is 2.46 bits per heavy atom. The van der Waals surface area contributed by atoms with E-state index < -0.39 is 20.7 Å². The van der Waals surface area contributed by atoms with E-state index in [2.05, 4.69) is 5.32 Å². The van der Waals surface area contributed by atoms with Gasteiger partial charge in [-0.1, -0.05) is 25.0 Å². The minimum Gasteiger partial charge on any atom is -0.322 e. The number of non-ortho nitro benzene ring substituents is 1. The van der Waals surface area contributed by atoms with Gasteiger partial charge in [-0.15, -0.1) is 0 Å². The molecular weight excluding hydrogens is 356 g/mol. The van der Waals surface area contributed by atoms with Crippen molar-refractivity contribution in [1.82, 2.24) is 0 Å². The maximum absolute atomic E-state index is 12.7. The van der Waals surface area contributed by atoms with Gasteiger partial charge in [0.05, 0.1) is 15.1 Å². The first kappa shape index (κ1) is 18.1. The first-order chi connectivity index (χ1) is 12.4. The molecule has 0 saturated heterocycles. The summed E-state index contributed by atoms with van der Waals surface area (Å²) in [7, 11) is -3.42. The number of carbonyl (C=O) groups is 1. The minimum absolute atomic E-state index is 0.128. The van der Waals surface area contributed by atoms with Crippen molar-refractivity contribution in [2.45, 2.75) is 35.8 Å². The molecule has 0 aliphatic heterocycles. The highest BCUT2D eigenvalue weighted by atomic mass is 32.2. The third kappa shape index (κ3) is 3.75. The van der Waals surface area contributed by atoms with E-state index >= 15 is 0 Å². The molecule has 8 heteroatoms. The molecule has 136 valence electrons. The molecule has 0 bridgehead atoms. The smallest absolute Gasteiger partial charge is 0.270 e. The van der Waals surface area contributed by atoms with Crippen LogP contribution in [-0.4, -0.2) is 24.5 Å². The van der Waals surface area contributed by atoms with Gasteiger partial charge in [0.2, 0.25) is 0 Å². The van der Waals surface area contributed by atoms with E-state index in [1.165, 1.54) is 36.4 Å². The molecule has 0 spiro atoms. The Kier molecular flexibility index (Phi) is 5.03. The summed E-state index contributed by atoms with van der Waals surface area (Å²) in [5.74, 6) is -0.538. The van der Waals surface area contributed by atoms with Gasteiger partial charge in [0.25, 0.3) is 11.6 Å². The van der Waals surface area contributed by atoms with Crippen LogP contribution >= 0.6 is 0 Å². The van der Waals surface area contributed by atoms with Crippen LogP contribution < -0.4 is 5.32 Å². The molecule has 0 radical (unpaired) electrons. The molecule has 0 aromatic heterocycles. The molecule has 3 rings (SSSR count). The number of hydrogen-bond donors (Lipinski definition) is 1. The Bertz CT molecular complexity index is 950. The summed E-state index contributed by atoms with van der Waals surface area (Å²) in [5.41, 5.74) is 0.277. The molecule has 1 aliphatic carbocycles. The van der Waals surface area contributed by atoms with E-state index in [1.54, 1.807) is 12.1 Å². The summed E-state index contributed by atoms with van der Waals surface area (Å²) >= 11 is 0. The number of benzene rings is 2. The van der Waals surface area contributed by atoms with Crippen molar-refractivity contribution in [2.75, 3.05) is 5.32 Å². The van der Waals surface area contributed by atoms with Crippen molar-refractivity contribution >= 4 is 27.1 Å². The van der Waals surface area contributed by atoms with Gasteiger partial charge in [0.15, 0.2) is 9.84 Å². The monoisotopic (exact) mass is 374 g/mol. The van der Waals surface area contributed by atoms with Crippen LogP contribution in [-0.2, 0) is 9.84 Å². The van der Waals surface area contributed by atoms with Crippen LogP contribution in [0.1, 0.15) is 36.0 Å². The van der Waals surface area contributed by atoms with Crippen molar-refractivity contribution in [2.24, 2.45) is 0 Å². The van der Waals surface area contributed by atoms with Crippen LogP contribution in [0.2, 0.25) is 0 Å². The molecule has 1 amide bonds. The lowest BCUT2D eigenvalue weighted by atomic mass is 10.2. The largest absolute Gasteiger partial charge is 0.322 e. The average molecular weight is 374 g/mol. The van der Waals surface area contributed by atoms with Crippen molar-refractivity contribution in [1.29, 1.82) is 0 Å². The van der Waals surface area contributed by atoms with Crippen LogP contribution in [0.15, 0.2) is 53.4 Å². The molecule has 1 aliphatic rings. The van der Waals surface area contributed by atoms with Crippen LogP contribution in [0, 0.1) is 10.1 Å². The van der Waals surface area contributed by atoms with Crippen LogP contribution in [0.4, 0.5) is 11.4 Å². The molecule has 26 heavy (non-hydrogen) atoms. The van der Waals surface area contributed by atoms with E-state index in [9.17, 15) is 23.3 Å². The summed E-state index contributed by atoms with van der Waals surface area (Å²) in [5, 5.41) is 13.1. The predicted molar refractivity (Wildman–Crippen MR) is 96.9 cm³/mol. The van der Waals surface area contributed by atoms with Gasteiger partial charge in [-0.05, 0) is 37.1 Å². The van der Waals surface area contributed by atoms with Gasteiger partial charge in [-0.25, -0.2) is 8.42 Å². The average Bonchev–Trinajstić information content (AvgIpc) is 3.17. The number of hydrogen-bond acceptors (Lipinski definition) is 5. The minimum atomic E-state index is -3.42. The zero-order valence-electron chi connectivity index (χ0n) is 13.9. The topological polar surface area (TPSA) is 106 Å². The summed E-state index contributed by atoms with van der Waals surface area (Å²) in [6.45, 7) is 0. The molecule has 0 heterocycles. The number of anilines is 1. The maximum Gasteiger partial charge on any atom is 0.270 e. The quantitative estimate of drug-likeness (QED) is 0.636. The second kappa shape index (κ2) is 7.25. The summed E-state index contributed by atoms with van der Waals surface area (Å²) in [6.07, 6.45) is 3.14. The molecular formula is C18H18N2O5S. The van der Waals surface area contributed by atoms with Crippen molar-refractivity contribution in [3.63, 3.8) is 0 Å². The summed E-state index contributed by atoms with van der Waals surface area (Å²) in [4.78, 5) is 22.7. The van der Waals surface area contributed by atoms with Crippen LogP contribution in [0.3, 0.4) is 0 Å². The fourth-order valence-corrected chi connectivity index (χ4v) is 5.00. The highest BCUT2D eigenvalue weighted by Gasteiger charge is 2.30. The lowest BCUT2D eigenvalue weighted by Crippen LogP contribution is -2.18. The normalized spacial score (nSPS) is 14.9. The van der Waals surface area contributed by atoms with Crippen LogP contribution in [0.5, 0.6) is 0 Å². The standard InChI is InChI=1S/C18H18N2O5S/c21-18(13-5-3-7-15(11-13)20(22)23)19-14-6-4-10-17(12-14)26(24,25)16-8-1-2-9-16/h3-7,10-12,16H,1-2,8-9H2,(H,19,21). The maximum atomic E-state index is 12.7. The number of amides is 1. The third-order valence-corrected chi connectivity index (χ3v) is 6.74. The fraction of sp³-hybridized carbons (Fsp3) is 0.278. The molecule has 1 N–H and O–H groups in total. The van der Waals surface area contributed by atoms with E-state index in [0.29, 0.717) is 18.5 Å². The number of nitro benzene ring substituents is 1. The molecule has 0 unspecified atom stereocenters. The fourth-order valence-electron chi connectivity index (χ4n) is 3.11. The number of carbonyl (C=O) groups excluding carboxylic acids is 1. The first-order valence-electron chi connectivity index (χ1n) is 8.28. The Labute approximate surface area is 151 Å². The van der Waals surface area contributed by atoms with Gasteiger partial charge >= 0.3 is 0 Å². The Balaban J connectivity index is 1.81. The molecule has 1 fully saturated rings. The SMILES string of the molecule is O=C(Nc1cccc(S(=O)(=O)C2CCCC2)c1)c1cccc([N+](=O)[O-])c1. The Morgan fingerprint density at radius 2 is 1.77 bits per heavy atom. The lowest BCUT2D eigenvalue weighted by molar-refractivity contribution is -0.384. The van der Waals surface area contributed by atoms with Crippen molar-refractivity contribution in [3.05, 3.63) is 64.2 Å². The van der Waals surface area contributed by atoms with Gasteiger partial charge in [0.1, 0.15) is 0 Å². The second-order valence-corrected chi connectivity index (χ2v) is 8.47. The number of rotatable bonds is 5. The first-order valence-corrected chi connectivity index (χ1v) is 9.82. The van der Waals surface area contributed by atoms with Gasteiger partial charge in [-0.3, -0.25) is 14.9 Å². The lowest BCUT2D eigenvalue weighted by Gasteiger charge is -2.12. The molecule has 0 atom stereocenters. The van der Waals surface area contributed by atoms with Gasteiger partial charge in [0, 0.05) is 23.4 Å². The van der Waals surface area contributed by atoms with E-state index in [0.717, 1.165) is 12.8 Å². The Morgan fingerprint density at radius 1 is 1.08 bits per heavy atom.